The number of carboxylic acid groups (broad SMARTS) is 1. The third-order valence-corrected chi connectivity index (χ3v) is 9.91. The van der Waals surface area contributed by atoms with Gasteiger partial charge in [-0.3, -0.25) is 4.18 Å². The van der Waals surface area contributed by atoms with Gasteiger partial charge in [0.1, 0.15) is 0 Å². The number of hydrogen-bond donors (Lipinski definition) is 0. The van der Waals surface area contributed by atoms with Crippen molar-refractivity contribution in [2.45, 2.75) is 232 Å². The molecule has 0 aliphatic carbocycles. The van der Waals surface area contributed by atoms with E-state index < -0.39 is 22.4 Å². The molecule has 1 atom stereocenters. The molecule has 10 heteroatoms. The van der Waals surface area contributed by atoms with Crippen LogP contribution in [0.5, 0.6) is 0 Å². The Morgan fingerprint density at radius 1 is 0.500 bits per heavy atom. The molecule has 0 spiro atoms. The van der Waals surface area contributed by atoms with Crippen LogP contribution >= 0.6 is 0 Å². The Hall–Kier alpha value is 1.30. The molecule has 0 bridgehead atoms. The fourth-order valence-corrected chi connectivity index (χ4v) is 6.61. The van der Waals surface area contributed by atoms with Crippen molar-refractivity contribution in [3.05, 3.63) is 0 Å². The summed E-state index contributed by atoms with van der Waals surface area (Å²) in [7, 11) is -0.870. The molecule has 290 valence electrons. The molecule has 1 unspecified atom stereocenters. The number of rotatable bonds is 37. The molecule has 0 aliphatic heterocycles. The maximum absolute atomic E-state index is 11.0. The monoisotopic (exact) mass is 750 g/mol. The number of carbonyl (C=O) groups excluding carboxylic acids is 1. The van der Waals surface area contributed by atoms with Gasteiger partial charge < -0.3 is 19.4 Å². The number of hydrogen-bond acceptors (Lipinski definition) is 7. The van der Waals surface area contributed by atoms with Gasteiger partial charge in [-0.2, -0.15) is 0 Å². The van der Waals surface area contributed by atoms with E-state index in [0.717, 1.165) is 25.7 Å². The zero-order valence-electron chi connectivity index (χ0n) is 34.4. The van der Waals surface area contributed by atoms with E-state index in [4.69, 9.17) is 0 Å². The Kier molecular flexibility index (Phi) is 53.9. The first-order valence-corrected chi connectivity index (χ1v) is 22.0. The van der Waals surface area contributed by atoms with E-state index in [9.17, 15) is 22.9 Å². The van der Waals surface area contributed by atoms with Crippen molar-refractivity contribution in [3.63, 3.8) is 0 Å². The van der Waals surface area contributed by atoms with Crippen LogP contribution in [0.3, 0.4) is 0 Å². The number of carbonyl (C=O) groups is 1. The van der Waals surface area contributed by atoms with Crippen molar-refractivity contribution in [1.82, 2.24) is 4.90 Å². The predicted molar refractivity (Wildman–Crippen MR) is 202 cm³/mol. The average molecular weight is 750 g/mol. The van der Waals surface area contributed by atoms with Crippen LogP contribution in [0.4, 0.5) is 0 Å². The number of nitrogens with zero attached hydrogens (tertiary/aromatic N) is 1. The summed E-state index contributed by atoms with van der Waals surface area (Å²) in [5.41, 5.74) is 0. The maximum atomic E-state index is 11.0. The number of aliphatic carboxylic acids is 1. The summed E-state index contributed by atoms with van der Waals surface area (Å²) in [4.78, 5) is 12.7. The molecule has 50 heavy (non-hydrogen) atoms. The van der Waals surface area contributed by atoms with Crippen molar-refractivity contribution >= 4 is 16.4 Å². The minimum absolute atomic E-state index is 0. The minimum Gasteiger partial charge on any atom is -0.726 e. The van der Waals surface area contributed by atoms with E-state index in [-0.39, 0.29) is 65.7 Å². The minimum atomic E-state index is -4.49. The maximum Gasteiger partial charge on any atom is 1.00 e. The summed E-state index contributed by atoms with van der Waals surface area (Å²) >= 11 is 0. The summed E-state index contributed by atoms with van der Waals surface area (Å²) in [6.45, 7) is 4.57. The second-order valence-corrected chi connectivity index (χ2v) is 15.5. The molecular formula is C40H81NNa2O6S. The number of carboxylic acids is 1. The third-order valence-electron chi connectivity index (χ3n) is 9.45. The van der Waals surface area contributed by atoms with E-state index in [2.05, 4.69) is 18.0 Å². The van der Waals surface area contributed by atoms with E-state index in [1.165, 1.54) is 173 Å². The van der Waals surface area contributed by atoms with Gasteiger partial charge in [0.15, 0.2) is 0 Å². The van der Waals surface area contributed by atoms with Crippen LogP contribution in [0.2, 0.25) is 0 Å². The zero-order chi connectivity index (χ0) is 36.0. The largest absolute Gasteiger partial charge is 1.00 e. The molecule has 0 aromatic heterocycles. The molecular weight excluding hydrogens is 668 g/mol. The number of likely N-dealkylation sites (N-methyl/N-ethyl adjacent to an activating group) is 1. The molecule has 0 N–H and O–H groups in total. The topological polar surface area (TPSA) is 110 Å². The summed E-state index contributed by atoms with van der Waals surface area (Å²) in [5, 5.41) is 11.0. The molecule has 0 amide bonds. The molecule has 0 heterocycles. The van der Waals surface area contributed by atoms with Gasteiger partial charge in [0.2, 0.25) is 10.4 Å². The van der Waals surface area contributed by atoms with Crippen LogP contribution in [0.1, 0.15) is 226 Å². The van der Waals surface area contributed by atoms with Gasteiger partial charge in [-0.25, -0.2) is 8.42 Å². The van der Waals surface area contributed by atoms with Crippen LogP contribution in [-0.4, -0.2) is 50.6 Å². The standard InChI is InChI=1S/C22H45NO2.C18H38O4S.2Na/c1-4-5-6-7-8-9-10-11-12-13-14-15-16-17-18-19-20-21(22(24)25)23(2)3;1-2-3-4-5-6-7-8-9-10-11-12-13-14-15-16-17-18-22-23(19,20)21;;/h21H,4-20H2,1-3H3,(H,24,25);2-18H2,1H3,(H,19,20,21);;/q;;2*+1/p-2. The molecule has 0 saturated heterocycles. The second kappa shape index (κ2) is 46.5. The van der Waals surface area contributed by atoms with Crippen molar-refractivity contribution in [2.75, 3.05) is 20.7 Å². The summed E-state index contributed by atoms with van der Waals surface area (Å²) in [6, 6.07) is -0.424. The molecule has 0 rings (SSSR count). The molecule has 0 aliphatic rings. The van der Waals surface area contributed by atoms with E-state index in [0.29, 0.717) is 12.8 Å². The van der Waals surface area contributed by atoms with Crippen molar-refractivity contribution in [2.24, 2.45) is 0 Å². The van der Waals surface area contributed by atoms with Gasteiger partial charge in [-0.05, 0) is 26.9 Å². The quantitative estimate of drug-likeness (QED) is 0.0379. The van der Waals surface area contributed by atoms with Crippen LogP contribution in [-0.2, 0) is 19.4 Å². The summed E-state index contributed by atoms with van der Waals surface area (Å²) < 4.78 is 34.8. The van der Waals surface area contributed by atoms with Crippen molar-refractivity contribution in [3.8, 4) is 0 Å². The van der Waals surface area contributed by atoms with E-state index in [1.807, 2.05) is 14.1 Å². The Balaban J connectivity index is -0.000000408. The molecule has 7 nitrogen and oxygen atoms in total. The zero-order valence-corrected chi connectivity index (χ0v) is 39.2. The first-order valence-electron chi connectivity index (χ1n) is 20.6. The average Bonchev–Trinajstić information content (AvgIpc) is 3.03. The first-order chi connectivity index (χ1) is 23.2. The van der Waals surface area contributed by atoms with Gasteiger partial charge in [0, 0.05) is 6.04 Å². The molecule has 0 aromatic rings. The van der Waals surface area contributed by atoms with E-state index in [1.54, 1.807) is 4.90 Å². The summed E-state index contributed by atoms with van der Waals surface area (Å²) in [5.74, 6) is -0.939. The van der Waals surface area contributed by atoms with Crippen LogP contribution < -0.4 is 64.2 Å². The van der Waals surface area contributed by atoms with Crippen LogP contribution in [0, 0.1) is 0 Å². The Morgan fingerprint density at radius 3 is 0.960 bits per heavy atom. The van der Waals surface area contributed by atoms with Crippen LogP contribution in [0.25, 0.3) is 0 Å². The van der Waals surface area contributed by atoms with Gasteiger partial charge in [-0.1, -0.05) is 213 Å². The Bertz CT molecular complexity index is 758. The van der Waals surface area contributed by atoms with Gasteiger partial charge in [0.05, 0.1) is 12.6 Å². The SMILES string of the molecule is CCCCCCCCCCCCCCCCCCC(C(=O)[O-])N(C)C.CCCCCCCCCCCCCCCCCCOS(=O)(=O)[O-].[Na+].[Na+]. The van der Waals surface area contributed by atoms with Gasteiger partial charge >= 0.3 is 59.1 Å². The van der Waals surface area contributed by atoms with E-state index >= 15 is 0 Å². The summed E-state index contributed by atoms with van der Waals surface area (Å²) in [6.07, 6.45) is 42.6. The smallest absolute Gasteiger partial charge is 0.726 e. The van der Waals surface area contributed by atoms with Gasteiger partial charge in [-0.15, -0.1) is 0 Å². The van der Waals surface area contributed by atoms with Crippen molar-refractivity contribution < 1.29 is 86.2 Å². The van der Waals surface area contributed by atoms with Crippen molar-refractivity contribution in [1.29, 1.82) is 0 Å². The Labute approximate surface area is 356 Å². The Morgan fingerprint density at radius 2 is 0.740 bits per heavy atom. The molecule has 0 aromatic carbocycles. The van der Waals surface area contributed by atoms with Gasteiger partial charge in [0.25, 0.3) is 0 Å². The number of unbranched alkanes of at least 4 members (excludes halogenated alkanes) is 30. The van der Waals surface area contributed by atoms with Crippen LogP contribution in [0.15, 0.2) is 0 Å². The first kappa shape index (κ1) is 58.0. The normalized spacial score (nSPS) is 11.8. The fourth-order valence-electron chi connectivity index (χ4n) is 6.28. The molecule has 0 saturated carbocycles. The molecule has 0 radical (unpaired) electrons. The third kappa shape index (κ3) is 51.4. The molecule has 0 fully saturated rings. The predicted octanol–water partition coefficient (Wildman–Crippen LogP) is 5.05. The fraction of sp³-hybridized carbons (Fsp3) is 0.975. The second-order valence-electron chi connectivity index (χ2n) is 14.4.